The highest BCUT2D eigenvalue weighted by Crippen LogP contribution is 2.13. The van der Waals surface area contributed by atoms with E-state index in [2.05, 4.69) is 32.5 Å². The van der Waals surface area contributed by atoms with Crippen molar-refractivity contribution in [3.63, 3.8) is 0 Å². The Hall–Kier alpha value is -2.05. The Morgan fingerprint density at radius 3 is 2.58 bits per heavy atom. The predicted molar refractivity (Wildman–Crippen MR) is 93.9 cm³/mol. The van der Waals surface area contributed by atoms with Gasteiger partial charge in [-0.25, -0.2) is 4.79 Å². The van der Waals surface area contributed by atoms with Crippen LogP contribution in [0.25, 0.3) is 0 Å². The Morgan fingerprint density at radius 2 is 1.96 bits per heavy atom. The molecule has 1 aliphatic heterocycles. The van der Waals surface area contributed by atoms with Gasteiger partial charge in [0.2, 0.25) is 0 Å². The van der Waals surface area contributed by atoms with Gasteiger partial charge in [0.05, 0.1) is 6.20 Å². The summed E-state index contributed by atoms with van der Waals surface area (Å²) in [6.07, 6.45) is 1.75. The van der Waals surface area contributed by atoms with E-state index in [0.717, 1.165) is 49.0 Å². The molecule has 0 unspecified atom stereocenters. The number of carbonyl (C=O) groups excluding carboxylic acids is 1. The number of hydrogen-bond donors (Lipinski definition) is 2. The summed E-state index contributed by atoms with van der Waals surface area (Å²) in [6, 6.07) is 7.92. The normalized spacial score (nSPS) is 15.5. The molecule has 6 nitrogen and oxygen atoms in total. The lowest BCUT2D eigenvalue weighted by Crippen LogP contribution is -2.51. The number of aromatic nitrogens is 2. The van der Waals surface area contributed by atoms with Crippen LogP contribution in [0.4, 0.5) is 4.79 Å². The van der Waals surface area contributed by atoms with Crippen molar-refractivity contribution in [2.24, 2.45) is 0 Å². The van der Waals surface area contributed by atoms with Crippen molar-refractivity contribution in [1.29, 1.82) is 0 Å². The van der Waals surface area contributed by atoms with Gasteiger partial charge in [0.25, 0.3) is 0 Å². The van der Waals surface area contributed by atoms with E-state index in [4.69, 9.17) is 11.6 Å². The zero-order valence-electron chi connectivity index (χ0n) is 13.8. The van der Waals surface area contributed by atoms with E-state index in [1.165, 1.54) is 5.56 Å². The number of aromatic amines is 1. The number of carbonyl (C=O) groups is 1. The van der Waals surface area contributed by atoms with E-state index in [-0.39, 0.29) is 6.03 Å². The third kappa shape index (κ3) is 4.27. The SMILES string of the molecule is Cc1[nH]ncc1CNC(=O)N1CCN(Cc2ccc(Cl)cc2)CC1. The molecule has 0 radical (unpaired) electrons. The maximum Gasteiger partial charge on any atom is 0.317 e. The van der Waals surface area contributed by atoms with E-state index in [1.807, 2.05) is 24.0 Å². The fourth-order valence-corrected chi connectivity index (χ4v) is 2.92. The first-order valence-corrected chi connectivity index (χ1v) is 8.48. The van der Waals surface area contributed by atoms with Crippen LogP contribution in [-0.2, 0) is 13.1 Å². The summed E-state index contributed by atoms with van der Waals surface area (Å²) in [5, 5.41) is 10.6. The smallest absolute Gasteiger partial charge is 0.317 e. The molecular formula is C17H22ClN5O. The van der Waals surface area contributed by atoms with Gasteiger partial charge in [-0.2, -0.15) is 5.10 Å². The number of piperazine rings is 1. The number of amides is 2. The van der Waals surface area contributed by atoms with Crippen molar-refractivity contribution in [1.82, 2.24) is 25.3 Å². The second-order valence-corrected chi connectivity index (χ2v) is 6.51. The van der Waals surface area contributed by atoms with Gasteiger partial charge in [0.15, 0.2) is 0 Å². The maximum atomic E-state index is 12.3. The molecule has 0 spiro atoms. The van der Waals surface area contributed by atoms with Crippen molar-refractivity contribution in [3.05, 3.63) is 52.3 Å². The minimum absolute atomic E-state index is 0.0123. The van der Waals surface area contributed by atoms with Crippen LogP contribution in [0.3, 0.4) is 0 Å². The van der Waals surface area contributed by atoms with Gasteiger partial charge < -0.3 is 10.2 Å². The molecule has 2 amide bonds. The topological polar surface area (TPSA) is 64.3 Å². The second-order valence-electron chi connectivity index (χ2n) is 6.07. The molecule has 1 saturated heterocycles. The molecule has 2 heterocycles. The quantitative estimate of drug-likeness (QED) is 0.892. The van der Waals surface area contributed by atoms with Gasteiger partial charge >= 0.3 is 6.03 Å². The van der Waals surface area contributed by atoms with Gasteiger partial charge in [-0.05, 0) is 24.6 Å². The van der Waals surface area contributed by atoms with Gasteiger partial charge in [-0.15, -0.1) is 0 Å². The van der Waals surface area contributed by atoms with E-state index in [0.29, 0.717) is 6.54 Å². The lowest BCUT2D eigenvalue weighted by molar-refractivity contribution is 0.135. The first-order chi connectivity index (χ1) is 11.6. The highest BCUT2D eigenvalue weighted by molar-refractivity contribution is 6.30. The van der Waals surface area contributed by atoms with Crippen molar-refractivity contribution < 1.29 is 4.79 Å². The van der Waals surface area contributed by atoms with Crippen LogP contribution in [-0.4, -0.2) is 52.2 Å². The minimum Gasteiger partial charge on any atom is -0.334 e. The van der Waals surface area contributed by atoms with Crippen molar-refractivity contribution in [3.8, 4) is 0 Å². The zero-order valence-corrected chi connectivity index (χ0v) is 14.5. The third-order valence-electron chi connectivity index (χ3n) is 4.34. The van der Waals surface area contributed by atoms with Crippen molar-refractivity contribution in [2.75, 3.05) is 26.2 Å². The van der Waals surface area contributed by atoms with Crippen LogP contribution in [0.5, 0.6) is 0 Å². The Kier molecular flexibility index (Phi) is 5.37. The Balaban J connectivity index is 1.43. The molecule has 3 rings (SSSR count). The van der Waals surface area contributed by atoms with E-state index in [9.17, 15) is 4.79 Å². The van der Waals surface area contributed by atoms with Crippen LogP contribution >= 0.6 is 11.6 Å². The number of hydrogen-bond acceptors (Lipinski definition) is 3. The molecule has 2 aromatic rings. The van der Waals surface area contributed by atoms with Gasteiger partial charge in [0.1, 0.15) is 0 Å². The van der Waals surface area contributed by atoms with Crippen LogP contribution in [0.1, 0.15) is 16.8 Å². The lowest BCUT2D eigenvalue weighted by atomic mass is 10.2. The van der Waals surface area contributed by atoms with Crippen LogP contribution in [0.2, 0.25) is 5.02 Å². The van der Waals surface area contributed by atoms with Crippen LogP contribution in [0, 0.1) is 6.92 Å². The molecular weight excluding hydrogens is 326 g/mol. The van der Waals surface area contributed by atoms with Gasteiger partial charge in [-0.3, -0.25) is 10.00 Å². The number of halogens is 1. The lowest BCUT2D eigenvalue weighted by Gasteiger charge is -2.34. The molecule has 0 bridgehead atoms. The highest BCUT2D eigenvalue weighted by Gasteiger charge is 2.21. The average molecular weight is 348 g/mol. The minimum atomic E-state index is -0.0123. The Bertz CT molecular complexity index is 677. The average Bonchev–Trinajstić information content (AvgIpc) is 3.00. The van der Waals surface area contributed by atoms with E-state index >= 15 is 0 Å². The second kappa shape index (κ2) is 7.68. The highest BCUT2D eigenvalue weighted by atomic mass is 35.5. The summed E-state index contributed by atoms with van der Waals surface area (Å²) in [6.45, 7) is 6.58. The molecule has 1 aliphatic rings. The van der Waals surface area contributed by atoms with E-state index < -0.39 is 0 Å². The summed E-state index contributed by atoms with van der Waals surface area (Å²) in [5.74, 6) is 0. The summed E-state index contributed by atoms with van der Waals surface area (Å²) in [5.41, 5.74) is 3.25. The van der Waals surface area contributed by atoms with Crippen LogP contribution in [0.15, 0.2) is 30.5 Å². The standard InChI is InChI=1S/C17H22ClN5O/c1-13-15(11-20-21-13)10-19-17(24)23-8-6-22(7-9-23)12-14-2-4-16(18)5-3-14/h2-5,11H,6-10,12H2,1H3,(H,19,24)(H,20,21). The number of benzene rings is 1. The molecule has 7 heteroatoms. The van der Waals surface area contributed by atoms with Gasteiger partial charge in [0, 0.05) is 55.5 Å². The number of H-pyrrole nitrogens is 1. The van der Waals surface area contributed by atoms with E-state index in [1.54, 1.807) is 6.20 Å². The molecule has 0 atom stereocenters. The van der Waals surface area contributed by atoms with Crippen LogP contribution < -0.4 is 5.32 Å². The molecule has 1 fully saturated rings. The predicted octanol–water partition coefficient (Wildman–Crippen LogP) is 2.40. The number of urea groups is 1. The first-order valence-electron chi connectivity index (χ1n) is 8.10. The summed E-state index contributed by atoms with van der Waals surface area (Å²) in [4.78, 5) is 16.5. The molecule has 0 saturated carbocycles. The largest absolute Gasteiger partial charge is 0.334 e. The fraction of sp³-hybridized carbons (Fsp3) is 0.412. The molecule has 2 N–H and O–H groups in total. The number of nitrogens with one attached hydrogen (secondary N) is 2. The fourth-order valence-electron chi connectivity index (χ4n) is 2.79. The first kappa shape index (κ1) is 16.8. The Morgan fingerprint density at radius 1 is 1.25 bits per heavy atom. The third-order valence-corrected chi connectivity index (χ3v) is 4.60. The molecule has 1 aromatic heterocycles. The number of nitrogens with zero attached hydrogens (tertiary/aromatic N) is 3. The van der Waals surface area contributed by atoms with Crippen molar-refractivity contribution in [2.45, 2.75) is 20.0 Å². The summed E-state index contributed by atoms with van der Waals surface area (Å²) >= 11 is 5.91. The molecule has 0 aliphatic carbocycles. The number of aryl methyl sites for hydroxylation is 1. The monoisotopic (exact) mass is 347 g/mol. The maximum absolute atomic E-state index is 12.3. The molecule has 128 valence electrons. The Labute approximate surface area is 146 Å². The summed E-state index contributed by atoms with van der Waals surface area (Å²) < 4.78 is 0. The van der Waals surface area contributed by atoms with Gasteiger partial charge in [-0.1, -0.05) is 23.7 Å². The summed E-state index contributed by atoms with van der Waals surface area (Å²) in [7, 11) is 0. The molecule has 24 heavy (non-hydrogen) atoms. The number of rotatable bonds is 4. The molecule has 1 aromatic carbocycles. The zero-order chi connectivity index (χ0) is 16.9. The van der Waals surface area contributed by atoms with Crippen molar-refractivity contribution >= 4 is 17.6 Å².